The molecule has 2 aromatic carbocycles. The van der Waals surface area contributed by atoms with Crippen molar-refractivity contribution in [2.24, 2.45) is 0 Å². The number of nitrogens with one attached hydrogen (secondary N) is 2. The maximum absolute atomic E-state index is 12.7. The van der Waals surface area contributed by atoms with Gasteiger partial charge in [-0.1, -0.05) is 13.0 Å². The zero-order valence-electron chi connectivity index (χ0n) is 17.5. The lowest BCUT2D eigenvalue weighted by Gasteiger charge is -2.10. The van der Waals surface area contributed by atoms with Crippen LogP contribution in [-0.2, 0) is 4.79 Å². The van der Waals surface area contributed by atoms with Crippen molar-refractivity contribution in [1.29, 1.82) is 0 Å². The van der Waals surface area contributed by atoms with Gasteiger partial charge in [0.25, 0.3) is 5.91 Å². The number of carbonyl (C=O) groups is 2. The van der Waals surface area contributed by atoms with Crippen LogP contribution in [0.3, 0.4) is 0 Å². The molecule has 0 spiro atoms. The van der Waals surface area contributed by atoms with Crippen LogP contribution in [0.15, 0.2) is 47.8 Å². The molecule has 0 radical (unpaired) electrons. The number of carbonyl (C=O) groups excluding carboxylic acids is 2. The largest absolute Gasteiger partial charge is 0.491 e. The Labute approximate surface area is 180 Å². The molecule has 6 nitrogen and oxygen atoms in total. The van der Waals surface area contributed by atoms with E-state index in [-0.39, 0.29) is 17.9 Å². The van der Waals surface area contributed by atoms with Crippen LogP contribution < -0.4 is 15.4 Å². The Balaban J connectivity index is 1.72. The number of rotatable bonds is 7. The predicted octanol–water partition coefficient (Wildman–Crippen LogP) is 5.51. The number of amides is 2. The SMILES string of the molecule is CCC(=O)Nc1ccc(C)c(NC(=O)c2csc(-c3ccc(OC(C)C)cc3)n2)c1. The molecule has 0 aliphatic heterocycles. The lowest BCUT2D eigenvalue weighted by atomic mass is 10.1. The normalized spacial score (nSPS) is 10.7. The maximum atomic E-state index is 12.7. The number of nitrogens with zero attached hydrogens (tertiary/aromatic N) is 1. The molecule has 2 amide bonds. The minimum Gasteiger partial charge on any atom is -0.491 e. The molecule has 0 unspecified atom stereocenters. The fraction of sp³-hybridized carbons (Fsp3) is 0.261. The molecule has 0 bridgehead atoms. The minimum absolute atomic E-state index is 0.0786. The molecule has 1 heterocycles. The van der Waals surface area contributed by atoms with Crippen molar-refractivity contribution in [2.45, 2.75) is 40.2 Å². The fourth-order valence-electron chi connectivity index (χ4n) is 2.73. The highest BCUT2D eigenvalue weighted by Crippen LogP contribution is 2.27. The van der Waals surface area contributed by atoms with E-state index in [2.05, 4.69) is 15.6 Å². The Hall–Kier alpha value is -3.19. The Morgan fingerprint density at radius 2 is 1.83 bits per heavy atom. The van der Waals surface area contributed by atoms with E-state index in [1.165, 1.54) is 11.3 Å². The third-order valence-corrected chi connectivity index (χ3v) is 5.19. The van der Waals surface area contributed by atoms with Gasteiger partial charge < -0.3 is 15.4 Å². The minimum atomic E-state index is -0.292. The summed E-state index contributed by atoms with van der Waals surface area (Å²) in [5.41, 5.74) is 3.45. The van der Waals surface area contributed by atoms with Crippen molar-refractivity contribution in [2.75, 3.05) is 10.6 Å². The monoisotopic (exact) mass is 423 g/mol. The number of aromatic nitrogens is 1. The first-order valence-corrected chi connectivity index (χ1v) is 10.7. The topological polar surface area (TPSA) is 80.3 Å². The van der Waals surface area contributed by atoms with Crippen LogP contribution >= 0.6 is 11.3 Å². The van der Waals surface area contributed by atoms with Crippen LogP contribution in [-0.4, -0.2) is 22.9 Å². The van der Waals surface area contributed by atoms with Crippen LogP contribution in [0, 0.1) is 6.92 Å². The van der Waals surface area contributed by atoms with Crippen LogP contribution in [0.1, 0.15) is 43.2 Å². The third-order valence-electron chi connectivity index (χ3n) is 4.30. The van der Waals surface area contributed by atoms with Crippen LogP contribution in [0.2, 0.25) is 0 Å². The maximum Gasteiger partial charge on any atom is 0.275 e. The average molecular weight is 424 g/mol. The first-order valence-electron chi connectivity index (χ1n) is 9.80. The Kier molecular flexibility index (Phi) is 6.84. The van der Waals surface area contributed by atoms with Gasteiger partial charge in [-0.15, -0.1) is 11.3 Å². The molecule has 3 aromatic rings. The molecular weight excluding hydrogens is 398 g/mol. The van der Waals surface area contributed by atoms with Gasteiger partial charge in [0.2, 0.25) is 5.91 Å². The van der Waals surface area contributed by atoms with E-state index in [4.69, 9.17) is 4.74 Å². The first kappa shape index (κ1) is 21.5. The smallest absolute Gasteiger partial charge is 0.275 e. The molecule has 2 N–H and O–H groups in total. The van der Waals surface area contributed by atoms with Gasteiger partial charge >= 0.3 is 0 Å². The molecule has 30 heavy (non-hydrogen) atoms. The molecule has 0 aliphatic carbocycles. The van der Waals surface area contributed by atoms with Crippen molar-refractivity contribution >= 4 is 34.5 Å². The quantitative estimate of drug-likeness (QED) is 0.525. The zero-order chi connectivity index (χ0) is 21.7. The summed E-state index contributed by atoms with van der Waals surface area (Å²) in [6, 6.07) is 13.1. The summed E-state index contributed by atoms with van der Waals surface area (Å²) in [5, 5.41) is 8.19. The van der Waals surface area contributed by atoms with Gasteiger partial charge in [-0.2, -0.15) is 0 Å². The average Bonchev–Trinajstić information content (AvgIpc) is 3.21. The highest BCUT2D eigenvalue weighted by Gasteiger charge is 2.14. The number of hydrogen-bond donors (Lipinski definition) is 2. The molecule has 0 saturated heterocycles. The molecule has 0 atom stereocenters. The predicted molar refractivity (Wildman–Crippen MR) is 121 cm³/mol. The number of anilines is 2. The number of benzene rings is 2. The molecule has 0 fully saturated rings. The molecule has 1 aromatic heterocycles. The number of hydrogen-bond acceptors (Lipinski definition) is 5. The van der Waals surface area contributed by atoms with Gasteiger partial charge in [-0.3, -0.25) is 9.59 Å². The lowest BCUT2D eigenvalue weighted by molar-refractivity contribution is -0.115. The molecule has 0 aliphatic rings. The van der Waals surface area contributed by atoms with E-state index in [1.54, 1.807) is 18.4 Å². The molecule has 156 valence electrons. The van der Waals surface area contributed by atoms with E-state index < -0.39 is 0 Å². The van der Waals surface area contributed by atoms with E-state index in [9.17, 15) is 9.59 Å². The van der Waals surface area contributed by atoms with Crippen molar-refractivity contribution in [3.05, 3.63) is 59.1 Å². The van der Waals surface area contributed by atoms with Crippen LogP contribution in [0.4, 0.5) is 11.4 Å². The molecular formula is C23H25N3O3S. The Morgan fingerprint density at radius 1 is 1.10 bits per heavy atom. The standard InChI is InChI=1S/C23H25N3O3S/c1-5-21(27)24-17-9-6-15(4)19(12-17)25-22(28)20-13-30-23(26-20)16-7-10-18(11-8-16)29-14(2)3/h6-14H,5H2,1-4H3,(H,24,27)(H,25,28). The second-order valence-corrected chi connectivity index (χ2v) is 7.97. The second-order valence-electron chi connectivity index (χ2n) is 7.11. The second kappa shape index (κ2) is 9.54. The molecule has 0 saturated carbocycles. The van der Waals surface area contributed by atoms with Crippen molar-refractivity contribution in [1.82, 2.24) is 4.98 Å². The van der Waals surface area contributed by atoms with Gasteiger partial charge in [-0.05, 0) is 62.7 Å². The van der Waals surface area contributed by atoms with Gasteiger partial charge in [0.1, 0.15) is 16.5 Å². The van der Waals surface area contributed by atoms with Crippen molar-refractivity contribution < 1.29 is 14.3 Å². The van der Waals surface area contributed by atoms with Crippen molar-refractivity contribution in [3.8, 4) is 16.3 Å². The van der Waals surface area contributed by atoms with Crippen molar-refractivity contribution in [3.63, 3.8) is 0 Å². The molecule has 3 rings (SSSR count). The van der Waals surface area contributed by atoms with Gasteiger partial charge in [0.05, 0.1) is 6.10 Å². The first-order chi connectivity index (χ1) is 14.4. The fourth-order valence-corrected chi connectivity index (χ4v) is 3.54. The molecule has 7 heteroatoms. The summed E-state index contributed by atoms with van der Waals surface area (Å²) >= 11 is 1.41. The Bertz CT molecular complexity index is 1040. The van der Waals surface area contributed by atoms with Crippen LogP contribution in [0.5, 0.6) is 5.75 Å². The highest BCUT2D eigenvalue weighted by atomic mass is 32.1. The zero-order valence-corrected chi connectivity index (χ0v) is 18.3. The summed E-state index contributed by atoms with van der Waals surface area (Å²) < 4.78 is 5.66. The third kappa shape index (κ3) is 5.45. The van der Waals surface area contributed by atoms with Gasteiger partial charge in [-0.25, -0.2) is 4.98 Å². The summed E-state index contributed by atoms with van der Waals surface area (Å²) in [6.07, 6.45) is 0.505. The summed E-state index contributed by atoms with van der Waals surface area (Å²) in [4.78, 5) is 28.8. The summed E-state index contributed by atoms with van der Waals surface area (Å²) in [7, 11) is 0. The van der Waals surface area contributed by atoms with E-state index >= 15 is 0 Å². The summed E-state index contributed by atoms with van der Waals surface area (Å²) in [6.45, 7) is 7.65. The number of thiazole rings is 1. The van der Waals surface area contributed by atoms with Crippen LogP contribution in [0.25, 0.3) is 10.6 Å². The van der Waals surface area contributed by atoms with E-state index in [0.717, 1.165) is 21.9 Å². The van der Waals surface area contributed by atoms with Gasteiger partial charge in [0, 0.05) is 28.7 Å². The highest BCUT2D eigenvalue weighted by molar-refractivity contribution is 7.13. The number of ether oxygens (including phenoxy) is 1. The number of aryl methyl sites for hydroxylation is 1. The van der Waals surface area contributed by atoms with E-state index in [1.807, 2.05) is 57.2 Å². The lowest BCUT2D eigenvalue weighted by Crippen LogP contribution is -2.14. The Morgan fingerprint density at radius 3 is 2.50 bits per heavy atom. The van der Waals surface area contributed by atoms with E-state index in [0.29, 0.717) is 23.5 Å². The summed E-state index contributed by atoms with van der Waals surface area (Å²) in [5.74, 6) is 0.429. The van der Waals surface area contributed by atoms with Gasteiger partial charge in [0.15, 0.2) is 0 Å².